The van der Waals surface area contributed by atoms with Crippen LogP contribution >= 0.6 is 0 Å². The minimum absolute atomic E-state index is 0.0371. The highest BCUT2D eigenvalue weighted by atomic mass is 16.5. The van der Waals surface area contributed by atoms with Crippen LogP contribution in [0.1, 0.15) is 18.4 Å². The van der Waals surface area contributed by atoms with Gasteiger partial charge >= 0.3 is 0 Å². The molecule has 2 fully saturated rings. The van der Waals surface area contributed by atoms with E-state index in [1.807, 2.05) is 30.5 Å². The first-order chi connectivity index (χ1) is 13.6. The number of likely N-dealkylation sites (tertiary alicyclic amines) is 1. The van der Waals surface area contributed by atoms with E-state index in [4.69, 9.17) is 4.74 Å². The zero-order chi connectivity index (χ0) is 19.5. The molecule has 2 saturated heterocycles. The van der Waals surface area contributed by atoms with Gasteiger partial charge in [0.25, 0.3) is 0 Å². The Bertz CT molecular complexity index is 887. The van der Waals surface area contributed by atoms with E-state index in [-0.39, 0.29) is 24.3 Å². The second-order valence-electron chi connectivity index (χ2n) is 7.15. The van der Waals surface area contributed by atoms with Crippen LogP contribution in [0.15, 0.2) is 30.5 Å². The van der Waals surface area contributed by atoms with Crippen molar-refractivity contribution < 1.29 is 19.1 Å². The van der Waals surface area contributed by atoms with Crippen LogP contribution in [-0.4, -0.2) is 71.4 Å². The average molecular weight is 384 g/mol. The number of para-hydroxylation sites is 1. The Kier molecular flexibility index (Phi) is 5.29. The lowest BCUT2D eigenvalue weighted by atomic mass is 10.1. The number of fused-ring (bicyclic) bond motifs is 1. The maximum Gasteiger partial charge on any atom is 0.243 e. The second-order valence-corrected chi connectivity index (χ2v) is 7.15. The van der Waals surface area contributed by atoms with E-state index in [0.717, 1.165) is 16.5 Å². The standard InChI is InChI=1S/C20H24N4O4/c25-18-6-5-17(20(27)22-12-19(26)23-7-9-28-10-8-23)24(18)13-14-11-21-16-4-2-1-3-15(14)16/h1-4,11,17,21H,5-10,12-13H2,(H,22,27). The summed E-state index contributed by atoms with van der Waals surface area (Å²) >= 11 is 0. The van der Waals surface area contributed by atoms with Crippen molar-refractivity contribution >= 4 is 28.6 Å². The fourth-order valence-corrected chi connectivity index (χ4v) is 3.86. The molecule has 8 heteroatoms. The van der Waals surface area contributed by atoms with Crippen LogP contribution in [0.25, 0.3) is 10.9 Å². The van der Waals surface area contributed by atoms with Gasteiger partial charge in [-0.1, -0.05) is 18.2 Å². The molecule has 0 aliphatic carbocycles. The van der Waals surface area contributed by atoms with Crippen molar-refractivity contribution in [1.29, 1.82) is 0 Å². The number of carbonyl (C=O) groups is 3. The average Bonchev–Trinajstić information content (AvgIpc) is 3.31. The Morgan fingerprint density at radius 2 is 2.00 bits per heavy atom. The van der Waals surface area contributed by atoms with Crippen LogP contribution in [-0.2, 0) is 25.7 Å². The molecule has 0 saturated carbocycles. The first kappa shape index (κ1) is 18.5. The molecule has 2 aliphatic heterocycles. The third-order valence-corrected chi connectivity index (χ3v) is 5.42. The maximum absolute atomic E-state index is 12.7. The molecule has 3 amide bonds. The van der Waals surface area contributed by atoms with E-state index in [1.54, 1.807) is 9.80 Å². The number of aromatic nitrogens is 1. The number of hydrogen-bond donors (Lipinski definition) is 2. The van der Waals surface area contributed by atoms with Gasteiger partial charge in [0.15, 0.2) is 0 Å². The van der Waals surface area contributed by atoms with Gasteiger partial charge in [-0.15, -0.1) is 0 Å². The zero-order valence-corrected chi connectivity index (χ0v) is 15.6. The van der Waals surface area contributed by atoms with Gasteiger partial charge in [-0.3, -0.25) is 14.4 Å². The number of amides is 3. The molecule has 4 rings (SSSR count). The van der Waals surface area contributed by atoms with E-state index >= 15 is 0 Å². The lowest BCUT2D eigenvalue weighted by molar-refractivity contribution is -0.138. The Hall–Kier alpha value is -2.87. The van der Waals surface area contributed by atoms with Crippen molar-refractivity contribution in [2.45, 2.75) is 25.4 Å². The number of H-pyrrole nitrogens is 1. The predicted octanol–water partition coefficient (Wildman–Crippen LogP) is 0.634. The van der Waals surface area contributed by atoms with E-state index in [0.29, 0.717) is 45.7 Å². The van der Waals surface area contributed by atoms with Gasteiger partial charge in [0.05, 0.1) is 19.8 Å². The number of morpholine rings is 1. The Morgan fingerprint density at radius 1 is 1.21 bits per heavy atom. The van der Waals surface area contributed by atoms with Gasteiger partial charge in [-0.2, -0.15) is 0 Å². The van der Waals surface area contributed by atoms with Crippen LogP contribution in [0.4, 0.5) is 0 Å². The largest absolute Gasteiger partial charge is 0.378 e. The summed E-state index contributed by atoms with van der Waals surface area (Å²) in [6, 6.07) is 7.33. The van der Waals surface area contributed by atoms with Crippen LogP contribution in [0, 0.1) is 0 Å². The molecule has 1 unspecified atom stereocenters. The number of aromatic amines is 1. The summed E-state index contributed by atoms with van der Waals surface area (Å²) < 4.78 is 5.24. The predicted molar refractivity (Wildman–Crippen MR) is 102 cm³/mol. The van der Waals surface area contributed by atoms with Crippen LogP contribution < -0.4 is 5.32 Å². The SMILES string of the molecule is O=C(NCC(=O)N1CCOCC1)C1CCC(=O)N1Cc1c[nH]c2ccccc12. The minimum Gasteiger partial charge on any atom is -0.378 e. The molecule has 2 aromatic rings. The maximum atomic E-state index is 12.7. The zero-order valence-electron chi connectivity index (χ0n) is 15.6. The Morgan fingerprint density at radius 3 is 2.82 bits per heavy atom. The number of ether oxygens (including phenoxy) is 1. The molecule has 1 aromatic heterocycles. The van der Waals surface area contributed by atoms with Crippen molar-refractivity contribution in [3.63, 3.8) is 0 Å². The number of nitrogens with zero attached hydrogens (tertiary/aromatic N) is 2. The monoisotopic (exact) mass is 384 g/mol. The highest BCUT2D eigenvalue weighted by molar-refractivity contribution is 5.93. The van der Waals surface area contributed by atoms with Gasteiger partial charge in [0, 0.05) is 43.2 Å². The lowest BCUT2D eigenvalue weighted by Crippen LogP contribution is -2.49. The number of carbonyl (C=O) groups excluding carboxylic acids is 3. The molecule has 1 atom stereocenters. The molecule has 2 N–H and O–H groups in total. The van der Waals surface area contributed by atoms with Crippen molar-refractivity contribution in [2.75, 3.05) is 32.8 Å². The first-order valence-corrected chi connectivity index (χ1v) is 9.61. The highest BCUT2D eigenvalue weighted by Gasteiger charge is 2.36. The third kappa shape index (κ3) is 3.73. The molecule has 0 bridgehead atoms. The molecule has 2 aliphatic rings. The van der Waals surface area contributed by atoms with Gasteiger partial charge in [0.2, 0.25) is 17.7 Å². The second kappa shape index (κ2) is 8.02. The minimum atomic E-state index is -0.543. The van der Waals surface area contributed by atoms with Gasteiger partial charge < -0.3 is 24.8 Å². The number of benzene rings is 1. The van der Waals surface area contributed by atoms with E-state index in [9.17, 15) is 14.4 Å². The van der Waals surface area contributed by atoms with E-state index in [2.05, 4.69) is 10.3 Å². The van der Waals surface area contributed by atoms with Gasteiger partial charge in [-0.05, 0) is 18.1 Å². The topological polar surface area (TPSA) is 94.7 Å². The molecular formula is C20H24N4O4. The molecular weight excluding hydrogens is 360 g/mol. The molecule has 148 valence electrons. The third-order valence-electron chi connectivity index (χ3n) is 5.42. The van der Waals surface area contributed by atoms with Crippen LogP contribution in [0.3, 0.4) is 0 Å². The first-order valence-electron chi connectivity index (χ1n) is 9.61. The van der Waals surface area contributed by atoms with E-state index < -0.39 is 6.04 Å². The van der Waals surface area contributed by atoms with Crippen LogP contribution in [0.2, 0.25) is 0 Å². The molecule has 0 radical (unpaired) electrons. The molecule has 8 nitrogen and oxygen atoms in total. The lowest BCUT2D eigenvalue weighted by Gasteiger charge is -2.28. The summed E-state index contributed by atoms with van der Waals surface area (Å²) in [7, 11) is 0. The summed E-state index contributed by atoms with van der Waals surface area (Å²) in [5.41, 5.74) is 1.98. The van der Waals surface area contributed by atoms with Crippen molar-refractivity contribution in [1.82, 2.24) is 20.1 Å². The van der Waals surface area contributed by atoms with Crippen molar-refractivity contribution in [3.05, 3.63) is 36.0 Å². The van der Waals surface area contributed by atoms with Crippen molar-refractivity contribution in [2.24, 2.45) is 0 Å². The number of rotatable bonds is 5. The number of nitrogens with one attached hydrogen (secondary N) is 2. The fourth-order valence-electron chi connectivity index (χ4n) is 3.86. The number of hydrogen-bond acceptors (Lipinski definition) is 4. The summed E-state index contributed by atoms with van der Waals surface area (Å²) in [4.78, 5) is 43.8. The highest BCUT2D eigenvalue weighted by Crippen LogP contribution is 2.25. The summed E-state index contributed by atoms with van der Waals surface area (Å²) in [5.74, 6) is -0.429. The molecule has 1 aromatic carbocycles. The molecule has 3 heterocycles. The molecule has 28 heavy (non-hydrogen) atoms. The normalized spacial score (nSPS) is 20.0. The smallest absolute Gasteiger partial charge is 0.243 e. The van der Waals surface area contributed by atoms with Gasteiger partial charge in [0.1, 0.15) is 6.04 Å². The van der Waals surface area contributed by atoms with Crippen LogP contribution in [0.5, 0.6) is 0 Å². The summed E-state index contributed by atoms with van der Waals surface area (Å²) in [6.45, 7) is 2.46. The molecule has 0 spiro atoms. The Labute approximate surface area is 162 Å². The Balaban J connectivity index is 1.39. The fraction of sp³-hybridized carbons (Fsp3) is 0.450. The summed E-state index contributed by atoms with van der Waals surface area (Å²) in [5, 5.41) is 3.76. The van der Waals surface area contributed by atoms with Crippen molar-refractivity contribution in [3.8, 4) is 0 Å². The van der Waals surface area contributed by atoms with Gasteiger partial charge in [-0.25, -0.2) is 0 Å². The summed E-state index contributed by atoms with van der Waals surface area (Å²) in [6.07, 6.45) is 2.70. The van der Waals surface area contributed by atoms with E-state index in [1.165, 1.54) is 0 Å². The quantitative estimate of drug-likeness (QED) is 0.791.